The standard InChI is InChI=1S/C17H18IN3O4/c1-24-14-8-12(13(18)9-15(14)25-2)17(23)21-7-6-20-16(22)11-4-3-5-19-10-11/h3-5,8-10H,6-7H2,1-2H3,(H,20,22)(H,21,23). The smallest absolute Gasteiger partial charge is 0.252 e. The normalized spacial score (nSPS) is 10.0. The Labute approximate surface area is 159 Å². The van der Waals surface area contributed by atoms with Crippen molar-refractivity contribution in [1.29, 1.82) is 0 Å². The molecule has 2 aromatic rings. The number of nitrogens with one attached hydrogen (secondary N) is 2. The van der Waals surface area contributed by atoms with E-state index >= 15 is 0 Å². The van der Waals surface area contributed by atoms with Crippen molar-refractivity contribution in [3.63, 3.8) is 0 Å². The van der Waals surface area contributed by atoms with Gasteiger partial charge in [0.1, 0.15) is 0 Å². The summed E-state index contributed by atoms with van der Waals surface area (Å²) in [4.78, 5) is 28.1. The molecule has 1 aromatic heterocycles. The molecule has 1 heterocycles. The molecule has 0 saturated carbocycles. The van der Waals surface area contributed by atoms with Gasteiger partial charge < -0.3 is 20.1 Å². The summed E-state index contributed by atoms with van der Waals surface area (Å²) in [6, 6.07) is 6.73. The SMILES string of the molecule is COc1cc(I)c(C(=O)NCCNC(=O)c2cccnc2)cc1OC. The summed E-state index contributed by atoms with van der Waals surface area (Å²) in [5.41, 5.74) is 0.958. The Hall–Kier alpha value is -2.36. The fourth-order valence-electron chi connectivity index (χ4n) is 2.07. The molecule has 2 rings (SSSR count). The molecule has 132 valence electrons. The van der Waals surface area contributed by atoms with E-state index in [-0.39, 0.29) is 11.8 Å². The monoisotopic (exact) mass is 455 g/mol. The van der Waals surface area contributed by atoms with Crippen molar-refractivity contribution in [3.8, 4) is 11.5 Å². The number of pyridine rings is 1. The minimum Gasteiger partial charge on any atom is -0.493 e. The highest BCUT2D eigenvalue weighted by Crippen LogP contribution is 2.31. The second-order valence-electron chi connectivity index (χ2n) is 4.94. The van der Waals surface area contributed by atoms with Gasteiger partial charge in [-0.1, -0.05) is 0 Å². The third kappa shape index (κ3) is 5.05. The van der Waals surface area contributed by atoms with E-state index in [4.69, 9.17) is 9.47 Å². The quantitative estimate of drug-likeness (QED) is 0.492. The summed E-state index contributed by atoms with van der Waals surface area (Å²) in [7, 11) is 3.05. The number of ether oxygens (including phenoxy) is 2. The molecule has 2 N–H and O–H groups in total. The highest BCUT2D eigenvalue weighted by atomic mass is 127. The Morgan fingerprint density at radius 3 is 2.32 bits per heavy atom. The zero-order valence-corrected chi connectivity index (χ0v) is 16.0. The van der Waals surface area contributed by atoms with Crippen LogP contribution in [0.15, 0.2) is 36.7 Å². The van der Waals surface area contributed by atoms with Crippen molar-refractivity contribution in [2.45, 2.75) is 0 Å². The summed E-state index contributed by atoms with van der Waals surface area (Å²) in [5, 5.41) is 5.49. The van der Waals surface area contributed by atoms with Gasteiger partial charge in [-0.25, -0.2) is 0 Å². The predicted molar refractivity (Wildman–Crippen MR) is 101 cm³/mol. The number of carbonyl (C=O) groups excluding carboxylic acids is 2. The largest absolute Gasteiger partial charge is 0.493 e. The van der Waals surface area contributed by atoms with Crippen LogP contribution in [-0.2, 0) is 0 Å². The van der Waals surface area contributed by atoms with Gasteiger partial charge in [0.15, 0.2) is 11.5 Å². The van der Waals surface area contributed by atoms with E-state index in [9.17, 15) is 9.59 Å². The van der Waals surface area contributed by atoms with Gasteiger partial charge in [0, 0.05) is 29.1 Å². The first-order chi connectivity index (χ1) is 12.1. The number of methoxy groups -OCH3 is 2. The molecular formula is C17H18IN3O4. The number of hydrogen-bond acceptors (Lipinski definition) is 5. The molecule has 0 aliphatic heterocycles. The van der Waals surface area contributed by atoms with Gasteiger partial charge >= 0.3 is 0 Å². The molecule has 0 fully saturated rings. The number of hydrogen-bond donors (Lipinski definition) is 2. The van der Waals surface area contributed by atoms with Crippen LogP contribution in [0.4, 0.5) is 0 Å². The Bertz CT molecular complexity index is 753. The predicted octanol–water partition coefficient (Wildman–Crippen LogP) is 1.86. The van der Waals surface area contributed by atoms with Gasteiger partial charge in [-0.15, -0.1) is 0 Å². The van der Waals surface area contributed by atoms with Crippen molar-refractivity contribution in [2.24, 2.45) is 0 Å². The molecule has 0 radical (unpaired) electrons. The maximum absolute atomic E-state index is 12.3. The van der Waals surface area contributed by atoms with Crippen molar-refractivity contribution < 1.29 is 19.1 Å². The van der Waals surface area contributed by atoms with Crippen molar-refractivity contribution in [3.05, 3.63) is 51.4 Å². The number of nitrogens with zero attached hydrogens (tertiary/aromatic N) is 1. The lowest BCUT2D eigenvalue weighted by Crippen LogP contribution is -2.35. The van der Waals surface area contributed by atoms with Crippen molar-refractivity contribution in [1.82, 2.24) is 15.6 Å². The topological polar surface area (TPSA) is 89.6 Å². The van der Waals surface area contributed by atoms with Crippen LogP contribution in [-0.4, -0.2) is 44.1 Å². The molecule has 8 heteroatoms. The van der Waals surface area contributed by atoms with Crippen LogP contribution in [0.3, 0.4) is 0 Å². The zero-order valence-electron chi connectivity index (χ0n) is 13.8. The van der Waals surface area contributed by atoms with Gasteiger partial charge in [-0.3, -0.25) is 14.6 Å². The third-order valence-electron chi connectivity index (χ3n) is 3.34. The molecule has 0 aliphatic carbocycles. The van der Waals surface area contributed by atoms with Crippen LogP contribution in [0.2, 0.25) is 0 Å². The molecule has 0 bridgehead atoms. The number of benzene rings is 1. The number of halogens is 1. The van der Waals surface area contributed by atoms with Gasteiger partial charge in [-0.2, -0.15) is 0 Å². The van der Waals surface area contributed by atoms with E-state index in [1.807, 2.05) is 0 Å². The molecule has 0 spiro atoms. The molecule has 0 unspecified atom stereocenters. The van der Waals surface area contributed by atoms with Crippen LogP contribution in [0.1, 0.15) is 20.7 Å². The Morgan fingerprint density at radius 1 is 1.08 bits per heavy atom. The summed E-state index contributed by atoms with van der Waals surface area (Å²) in [5.74, 6) is 0.564. The fourth-order valence-corrected chi connectivity index (χ4v) is 2.76. The maximum Gasteiger partial charge on any atom is 0.252 e. The van der Waals surface area contributed by atoms with Gasteiger partial charge in [0.2, 0.25) is 0 Å². The lowest BCUT2D eigenvalue weighted by molar-refractivity contribution is 0.0927. The Morgan fingerprint density at radius 2 is 1.72 bits per heavy atom. The third-order valence-corrected chi connectivity index (χ3v) is 4.23. The number of amides is 2. The minimum atomic E-state index is -0.249. The summed E-state index contributed by atoms with van der Waals surface area (Å²) in [6.07, 6.45) is 3.08. The van der Waals surface area contributed by atoms with E-state index < -0.39 is 0 Å². The van der Waals surface area contributed by atoms with Crippen LogP contribution in [0.25, 0.3) is 0 Å². The highest BCUT2D eigenvalue weighted by molar-refractivity contribution is 14.1. The number of rotatable bonds is 7. The average molecular weight is 455 g/mol. The van der Waals surface area contributed by atoms with Gasteiger partial charge in [-0.05, 0) is 46.9 Å². The van der Waals surface area contributed by atoms with Crippen molar-refractivity contribution >= 4 is 34.4 Å². The van der Waals surface area contributed by atoms with E-state index in [0.29, 0.717) is 35.7 Å². The maximum atomic E-state index is 12.3. The van der Waals surface area contributed by atoms with E-state index in [2.05, 4.69) is 38.2 Å². The zero-order chi connectivity index (χ0) is 18.2. The Balaban J connectivity index is 1.89. The lowest BCUT2D eigenvalue weighted by Gasteiger charge is -2.12. The van der Waals surface area contributed by atoms with Gasteiger partial charge in [0.25, 0.3) is 11.8 Å². The van der Waals surface area contributed by atoms with E-state index in [0.717, 1.165) is 3.57 Å². The Kier molecular flexibility index (Phi) is 6.99. The molecule has 25 heavy (non-hydrogen) atoms. The first kappa shape index (κ1) is 19.0. The summed E-state index contributed by atoms with van der Waals surface area (Å²) >= 11 is 2.06. The summed E-state index contributed by atoms with van der Waals surface area (Å²) < 4.78 is 11.2. The molecular weight excluding hydrogens is 437 g/mol. The van der Waals surface area contributed by atoms with Crippen LogP contribution in [0.5, 0.6) is 11.5 Å². The average Bonchev–Trinajstić information content (AvgIpc) is 2.65. The van der Waals surface area contributed by atoms with E-state index in [1.165, 1.54) is 13.3 Å². The molecule has 7 nitrogen and oxygen atoms in total. The number of carbonyl (C=O) groups is 2. The second kappa shape index (κ2) is 9.21. The molecule has 2 amide bonds. The van der Waals surface area contributed by atoms with Crippen molar-refractivity contribution in [2.75, 3.05) is 27.3 Å². The molecule has 1 aromatic carbocycles. The summed E-state index contributed by atoms with van der Waals surface area (Å²) in [6.45, 7) is 0.610. The first-order valence-corrected chi connectivity index (χ1v) is 8.52. The van der Waals surface area contributed by atoms with E-state index in [1.54, 1.807) is 37.6 Å². The van der Waals surface area contributed by atoms with Crippen LogP contribution < -0.4 is 20.1 Å². The van der Waals surface area contributed by atoms with Crippen LogP contribution in [0, 0.1) is 3.57 Å². The van der Waals surface area contributed by atoms with Crippen LogP contribution >= 0.6 is 22.6 Å². The van der Waals surface area contributed by atoms with Gasteiger partial charge in [0.05, 0.1) is 25.3 Å². The minimum absolute atomic E-state index is 0.233. The molecule has 0 saturated heterocycles. The highest BCUT2D eigenvalue weighted by Gasteiger charge is 2.15. The number of aromatic nitrogens is 1. The first-order valence-electron chi connectivity index (χ1n) is 7.44. The second-order valence-corrected chi connectivity index (χ2v) is 6.10. The fraction of sp³-hybridized carbons (Fsp3) is 0.235. The molecule has 0 atom stereocenters. The lowest BCUT2D eigenvalue weighted by atomic mass is 10.2. The molecule has 0 aliphatic rings.